The van der Waals surface area contributed by atoms with E-state index in [9.17, 15) is 0 Å². The fraction of sp³-hybridized carbons (Fsp3) is 0.571. The van der Waals surface area contributed by atoms with E-state index in [2.05, 4.69) is 20.8 Å². The van der Waals surface area contributed by atoms with Crippen molar-refractivity contribution in [3.05, 3.63) is 34.9 Å². The largest absolute Gasteiger partial charge is 0.371 e. The average molecular weight is 256 g/mol. The molecular weight excluding hydrogens is 234 g/mol. The van der Waals surface area contributed by atoms with Gasteiger partial charge in [-0.15, -0.1) is 0 Å². The Bertz CT molecular complexity index is 357. The Kier molecular flexibility index (Phi) is 4.99. The summed E-state index contributed by atoms with van der Waals surface area (Å²) in [7, 11) is 0. The molecule has 3 heteroatoms. The zero-order chi connectivity index (χ0) is 13.1. The van der Waals surface area contributed by atoms with Crippen LogP contribution in [0.5, 0.6) is 0 Å². The van der Waals surface area contributed by atoms with Crippen molar-refractivity contribution in [2.75, 3.05) is 0 Å². The van der Waals surface area contributed by atoms with Crippen molar-refractivity contribution in [2.45, 2.75) is 46.4 Å². The summed E-state index contributed by atoms with van der Waals surface area (Å²) in [5.41, 5.74) is 6.99. The summed E-state index contributed by atoms with van der Waals surface area (Å²) in [5.74, 6) is 0. The van der Waals surface area contributed by atoms with Crippen molar-refractivity contribution in [2.24, 2.45) is 11.1 Å². The van der Waals surface area contributed by atoms with E-state index in [0.29, 0.717) is 6.61 Å². The number of nitrogens with two attached hydrogens (primary N) is 1. The number of halogens is 1. The number of hydrogen-bond acceptors (Lipinski definition) is 2. The summed E-state index contributed by atoms with van der Waals surface area (Å²) in [6.45, 7) is 8.88. The third kappa shape index (κ3) is 4.30. The van der Waals surface area contributed by atoms with Gasteiger partial charge in [0.25, 0.3) is 0 Å². The zero-order valence-electron chi connectivity index (χ0n) is 11.0. The van der Waals surface area contributed by atoms with E-state index in [1.165, 1.54) is 0 Å². The van der Waals surface area contributed by atoms with Gasteiger partial charge in [-0.3, -0.25) is 0 Å². The second-order valence-corrected chi connectivity index (χ2v) is 5.96. The minimum Gasteiger partial charge on any atom is -0.371 e. The molecule has 2 nitrogen and oxygen atoms in total. The van der Waals surface area contributed by atoms with Crippen molar-refractivity contribution in [1.82, 2.24) is 0 Å². The molecule has 0 amide bonds. The van der Waals surface area contributed by atoms with Gasteiger partial charge in [-0.1, -0.05) is 50.6 Å². The van der Waals surface area contributed by atoms with E-state index < -0.39 is 0 Å². The van der Waals surface area contributed by atoms with E-state index in [-0.39, 0.29) is 17.6 Å². The molecule has 0 saturated heterocycles. The molecule has 0 aliphatic carbocycles. The van der Waals surface area contributed by atoms with Crippen LogP contribution in [-0.4, -0.2) is 12.1 Å². The SMILES string of the molecule is CC(N)C(OCc1ccccc1Cl)C(C)(C)C. The maximum Gasteiger partial charge on any atom is 0.0775 e. The van der Waals surface area contributed by atoms with E-state index in [1.807, 2.05) is 31.2 Å². The summed E-state index contributed by atoms with van der Waals surface area (Å²) < 4.78 is 5.93. The Labute approximate surface area is 109 Å². The van der Waals surface area contributed by atoms with Crippen LogP contribution in [-0.2, 0) is 11.3 Å². The normalized spacial score (nSPS) is 15.6. The first-order chi connectivity index (χ1) is 7.82. The zero-order valence-corrected chi connectivity index (χ0v) is 11.8. The molecule has 0 fully saturated rings. The van der Waals surface area contributed by atoms with Crippen molar-refractivity contribution >= 4 is 11.6 Å². The molecule has 2 N–H and O–H groups in total. The molecule has 0 aliphatic rings. The molecule has 1 aromatic rings. The molecule has 1 rings (SSSR count). The standard InChI is InChI=1S/C14H22ClNO/c1-10(16)13(14(2,3)4)17-9-11-7-5-6-8-12(11)15/h5-8,10,13H,9,16H2,1-4H3. The van der Waals surface area contributed by atoms with Crippen LogP contribution >= 0.6 is 11.6 Å². The molecule has 0 radical (unpaired) electrons. The number of benzene rings is 1. The highest BCUT2D eigenvalue weighted by Gasteiger charge is 2.28. The van der Waals surface area contributed by atoms with Crippen molar-refractivity contribution in [1.29, 1.82) is 0 Å². The van der Waals surface area contributed by atoms with Crippen molar-refractivity contribution in [3.8, 4) is 0 Å². The molecule has 2 unspecified atom stereocenters. The van der Waals surface area contributed by atoms with Crippen LogP contribution in [0.4, 0.5) is 0 Å². The van der Waals surface area contributed by atoms with Crippen LogP contribution < -0.4 is 5.73 Å². The first kappa shape index (κ1) is 14.5. The number of hydrogen-bond donors (Lipinski definition) is 1. The average Bonchev–Trinajstić information content (AvgIpc) is 2.18. The van der Waals surface area contributed by atoms with Crippen LogP contribution in [0.2, 0.25) is 5.02 Å². The van der Waals surface area contributed by atoms with Crippen molar-refractivity contribution in [3.63, 3.8) is 0 Å². The van der Waals surface area contributed by atoms with Gasteiger partial charge in [0, 0.05) is 11.1 Å². The molecule has 2 atom stereocenters. The predicted molar refractivity (Wildman–Crippen MR) is 73.1 cm³/mol. The van der Waals surface area contributed by atoms with Gasteiger partial charge in [0.15, 0.2) is 0 Å². The third-order valence-electron chi connectivity index (χ3n) is 2.71. The quantitative estimate of drug-likeness (QED) is 0.892. The summed E-state index contributed by atoms with van der Waals surface area (Å²) >= 11 is 6.09. The van der Waals surface area contributed by atoms with E-state index in [0.717, 1.165) is 10.6 Å². The van der Waals surface area contributed by atoms with Gasteiger partial charge < -0.3 is 10.5 Å². The Balaban J connectivity index is 2.68. The summed E-state index contributed by atoms with van der Waals surface area (Å²) in [6, 6.07) is 7.72. The molecular formula is C14H22ClNO. The monoisotopic (exact) mass is 255 g/mol. The van der Waals surface area contributed by atoms with Gasteiger partial charge in [0.2, 0.25) is 0 Å². The van der Waals surface area contributed by atoms with Gasteiger partial charge in [0.1, 0.15) is 0 Å². The van der Waals surface area contributed by atoms with E-state index >= 15 is 0 Å². The molecule has 96 valence electrons. The lowest BCUT2D eigenvalue weighted by molar-refractivity contribution is -0.0399. The Morgan fingerprint density at radius 2 is 1.88 bits per heavy atom. The molecule has 1 aromatic carbocycles. The predicted octanol–water partition coefficient (Wildman–Crippen LogP) is 3.62. The highest BCUT2D eigenvalue weighted by molar-refractivity contribution is 6.31. The smallest absolute Gasteiger partial charge is 0.0775 e. The Hall–Kier alpha value is -0.570. The lowest BCUT2D eigenvalue weighted by atomic mass is 9.85. The van der Waals surface area contributed by atoms with Gasteiger partial charge in [-0.05, 0) is 24.0 Å². The van der Waals surface area contributed by atoms with Crippen LogP contribution in [0.15, 0.2) is 24.3 Å². The maximum absolute atomic E-state index is 6.09. The Morgan fingerprint density at radius 3 is 2.35 bits per heavy atom. The van der Waals surface area contributed by atoms with E-state index in [4.69, 9.17) is 22.1 Å². The molecule has 0 bridgehead atoms. The van der Waals surface area contributed by atoms with Gasteiger partial charge >= 0.3 is 0 Å². The summed E-state index contributed by atoms with van der Waals surface area (Å²) in [5, 5.41) is 0.741. The third-order valence-corrected chi connectivity index (χ3v) is 3.08. The van der Waals surface area contributed by atoms with Crippen LogP contribution in [0.3, 0.4) is 0 Å². The molecule has 0 heterocycles. The fourth-order valence-corrected chi connectivity index (χ4v) is 2.18. The van der Waals surface area contributed by atoms with Crippen LogP contribution in [0.1, 0.15) is 33.3 Å². The number of rotatable bonds is 4. The second-order valence-electron chi connectivity index (χ2n) is 5.55. The summed E-state index contributed by atoms with van der Waals surface area (Å²) in [4.78, 5) is 0. The fourth-order valence-electron chi connectivity index (χ4n) is 1.99. The lowest BCUT2D eigenvalue weighted by Crippen LogP contribution is -2.43. The first-order valence-corrected chi connectivity index (χ1v) is 6.30. The minimum atomic E-state index is -0.00233. The summed E-state index contributed by atoms with van der Waals surface area (Å²) in [6.07, 6.45) is 0.0128. The molecule has 0 aromatic heterocycles. The highest BCUT2D eigenvalue weighted by Crippen LogP contribution is 2.26. The van der Waals surface area contributed by atoms with Gasteiger partial charge in [-0.2, -0.15) is 0 Å². The molecule has 0 aliphatic heterocycles. The van der Waals surface area contributed by atoms with Crippen LogP contribution in [0.25, 0.3) is 0 Å². The lowest BCUT2D eigenvalue weighted by Gasteiger charge is -2.33. The Morgan fingerprint density at radius 1 is 1.29 bits per heavy atom. The van der Waals surface area contributed by atoms with Gasteiger partial charge in [-0.25, -0.2) is 0 Å². The van der Waals surface area contributed by atoms with Crippen LogP contribution in [0, 0.1) is 5.41 Å². The topological polar surface area (TPSA) is 35.2 Å². The molecule has 17 heavy (non-hydrogen) atoms. The molecule has 0 saturated carbocycles. The van der Waals surface area contributed by atoms with Gasteiger partial charge in [0.05, 0.1) is 12.7 Å². The van der Waals surface area contributed by atoms with E-state index in [1.54, 1.807) is 0 Å². The number of ether oxygens (including phenoxy) is 1. The highest BCUT2D eigenvalue weighted by atomic mass is 35.5. The first-order valence-electron chi connectivity index (χ1n) is 5.93. The second kappa shape index (κ2) is 5.85. The minimum absolute atomic E-state index is 0.00233. The maximum atomic E-state index is 6.09. The molecule has 0 spiro atoms. The van der Waals surface area contributed by atoms with Crippen molar-refractivity contribution < 1.29 is 4.74 Å².